The lowest BCUT2D eigenvalue weighted by Gasteiger charge is -2.24. The summed E-state index contributed by atoms with van der Waals surface area (Å²) in [6.07, 6.45) is 3.18. The third-order valence-corrected chi connectivity index (χ3v) is 8.46. The lowest BCUT2D eigenvalue weighted by molar-refractivity contribution is -0.117. The summed E-state index contributed by atoms with van der Waals surface area (Å²) in [5.41, 5.74) is 1.23. The van der Waals surface area contributed by atoms with Crippen LogP contribution in [0.2, 0.25) is 0 Å². The number of unbranched alkanes of at least 4 members (excludes halogenated alkanes) is 1. The molecule has 3 heterocycles. The van der Waals surface area contributed by atoms with E-state index in [4.69, 9.17) is 13.9 Å². The van der Waals surface area contributed by atoms with Gasteiger partial charge >= 0.3 is 0 Å². The highest BCUT2D eigenvalue weighted by atomic mass is 32.2. The van der Waals surface area contributed by atoms with E-state index < -0.39 is 23.5 Å². The fourth-order valence-electron chi connectivity index (χ4n) is 4.27. The Morgan fingerprint density at radius 1 is 1.17 bits per heavy atom. The Bertz CT molecular complexity index is 1570. The van der Waals surface area contributed by atoms with Gasteiger partial charge in [-0.05, 0) is 53.9 Å². The van der Waals surface area contributed by atoms with Gasteiger partial charge in [-0.25, -0.2) is 4.39 Å². The zero-order chi connectivity index (χ0) is 28.9. The fourth-order valence-corrected chi connectivity index (χ4v) is 6.10. The van der Waals surface area contributed by atoms with Crippen LogP contribution in [-0.4, -0.2) is 40.7 Å². The van der Waals surface area contributed by atoms with Crippen molar-refractivity contribution in [2.45, 2.75) is 35.9 Å². The minimum absolute atomic E-state index is 0.0227. The summed E-state index contributed by atoms with van der Waals surface area (Å²) in [5.74, 6) is -1.03. The maximum absolute atomic E-state index is 13.5. The van der Waals surface area contributed by atoms with Crippen LogP contribution in [0.25, 0.3) is 0 Å². The predicted molar refractivity (Wildman–Crippen MR) is 152 cm³/mol. The minimum atomic E-state index is -1.04. The van der Waals surface area contributed by atoms with Crippen molar-refractivity contribution >= 4 is 39.9 Å². The zero-order valence-electron chi connectivity index (χ0n) is 22.2. The number of ether oxygens (including phenoxy) is 2. The molecule has 1 aliphatic rings. The Hall–Kier alpha value is -4.16. The molecule has 212 valence electrons. The summed E-state index contributed by atoms with van der Waals surface area (Å²) in [4.78, 5) is 28.2. The molecule has 0 aliphatic carbocycles. The monoisotopic (exact) mass is 595 g/mol. The number of methoxy groups -OCH3 is 1. The van der Waals surface area contributed by atoms with Gasteiger partial charge in [0.15, 0.2) is 27.4 Å². The van der Waals surface area contributed by atoms with Crippen molar-refractivity contribution in [3.8, 4) is 11.5 Å². The van der Waals surface area contributed by atoms with Gasteiger partial charge in [0.05, 0.1) is 31.6 Å². The Labute approximate surface area is 243 Å². The summed E-state index contributed by atoms with van der Waals surface area (Å²) in [7, 11) is 1.50. The molecule has 0 spiro atoms. The number of amides is 1. The smallest absolute Gasteiger partial charge is 0.296 e. The topological polar surface area (TPSA) is 115 Å². The van der Waals surface area contributed by atoms with Crippen molar-refractivity contribution in [2.24, 2.45) is 0 Å². The highest BCUT2D eigenvalue weighted by molar-refractivity contribution is 8.00. The molecule has 4 aromatic rings. The summed E-state index contributed by atoms with van der Waals surface area (Å²) in [5, 5.41) is 19.6. The summed E-state index contributed by atoms with van der Waals surface area (Å²) >= 11 is 2.51. The summed E-state index contributed by atoms with van der Waals surface area (Å²) in [6, 6.07) is 13.2. The number of nitrogens with zero attached hydrogens (tertiary/aromatic N) is 3. The largest absolute Gasteiger partial charge is 0.503 e. The number of carbonyl (C=O) groups is 2. The highest BCUT2D eigenvalue weighted by Gasteiger charge is 2.47. The molecule has 1 amide bonds. The number of halogens is 1. The number of aliphatic hydroxyl groups excluding tert-OH is 1. The van der Waals surface area contributed by atoms with Crippen LogP contribution in [0.4, 0.5) is 9.52 Å². The minimum Gasteiger partial charge on any atom is -0.503 e. The average Bonchev–Trinajstić information content (AvgIpc) is 3.74. The van der Waals surface area contributed by atoms with E-state index in [0.29, 0.717) is 33.8 Å². The van der Waals surface area contributed by atoms with Crippen LogP contribution in [0.3, 0.4) is 0 Å². The van der Waals surface area contributed by atoms with E-state index in [1.165, 1.54) is 48.2 Å². The first-order chi connectivity index (χ1) is 19.9. The van der Waals surface area contributed by atoms with Crippen LogP contribution >= 0.6 is 23.1 Å². The van der Waals surface area contributed by atoms with Crippen molar-refractivity contribution in [3.63, 3.8) is 0 Å². The van der Waals surface area contributed by atoms with Crippen LogP contribution in [-0.2, 0) is 10.5 Å². The number of hydrogen-bond acceptors (Lipinski definition) is 10. The molecule has 0 saturated carbocycles. The average molecular weight is 596 g/mol. The number of hydrogen-bond donors (Lipinski definition) is 1. The highest BCUT2D eigenvalue weighted by Crippen LogP contribution is 2.45. The van der Waals surface area contributed by atoms with E-state index in [1.54, 1.807) is 36.4 Å². The van der Waals surface area contributed by atoms with Crippen molar-refractivity contribution in [3.05, 3.63) is 94.9 Å². The van der Waals surface area contributed by atoms with Crippen molar-refractivity contribution in [1.29, 1.82) is 0 Å². The van der Waals surface area contributed by atoms with E-state index in [0.717, 1.165) is 29.7 Å². The van der Waals surface area contributed by atoms with E-state index in [-0.39, 0.29) is 22.3 Å². The number of ketones is 1. The molecule has 41 heavy (non-hydrogen) atoms. The number of Topliss-reactive ketones (excluding diaryl/α,β-unsaturated/α-hetero) is 1. The molecule has 0 saturated heterocycles. The fraction of sp³-hybridized carbons (Fsp3) is 0.241. The number of carbonyl (C=O) groups excluding carboxylic acids is 2. The van der Waals surface area contributed by atoms with Crippen molar-refractivity contribution in [2.75, 3.05) is 18.6 Å². The first-order valence-electron chi connectivity index (χ1n) is 12.8. The first-order valence-corrected chi connectivity index (χ1v) is 14.6. The second-order valence-corrected chi connectivity index (χ2v) is 11.2. The number of rotatable bonds is 12. The van der Waals surface area contributed by atoms with Crippen LogP contribution in [0.15, 0.2) is 80.9 Å². The Morgan fingerprint density at radius 3 is 2.68 bits per heavy atom. The molecular weight excluding hydrogens is 569 g/mol. The van der Waals surface area contributed by atoms with Gasteiger partial charge in [0.1, 0.15) is 5.82 Å². The van der Waals surface area contributed by atoms with Crippen molar-refractivity contribution in [1.82, 2.24) is 10.2 Å². The molecule has 0 radical (unpaired) electrons. The lowest BCUT2D eigenvalue weighted by Crippen LogP contribution is -2.31. The molecule has 1 atom stereocenters. The molecule has 1 N–H and O–H groups in total. The van der Waals surface area contributed by atoms with Gasteiger partial charge in [-0.15, -0.1) is 10.2 Å². The molecular formula is C29H26FN3O6S2. The molecule has 5 rings (SSSR count). The van der Waals surface area contributed by atoms with Crippen LogP contribution < -0.4 is 14.4 Å². The Kier molecular flexibility index (Phi) is 8.70. The van der Waals surface area contributed by atoms with E-state index in [1.807, 2.05) is 0 Å². The second kappa shape index (κ2) is 12.6. The number of furan rings is 1. The van der Waals surface area contributed by atoms with Crippen molar-refractivity contribution < 1.29 is 33.0 Å². The van der Waals surface area contributed by atoms with Crippen LogP contribution in [0, 0.1) is 5.82 Å². The predicted octanol–water partition coefficient (Wildman–Crippen LogP) is 6.53. The zero-order valence-corrected chi connectivity index (χ0v) is 23.8. The van der Waals surface area contributed by atoms with Crippen LogP contribution in [0.5, 0.6) is 11.5 Å². The molecule has 0 fully saturated rings. The van der Waals surface area contributed by atoms with Gasteiger partial charge in [0, 0.05) is 5.75 Å². The van der Waals surface area contributed by atoms with E-state index >= 15 is 0 Å². The number of thioether (sulfide) groups is 1. The maximum atomic E-state index is 13.5. The summed E-state index contributed by atoms with van der Waals surface area (Å²) < 4.78 is 30.5. The number of aliphatic hydroxyl groups is 1. The molecule has 12 heteroatoms. The third-order valence-electron chi connectivity index (χ3n) is 6.33. The van der Waals surface area contributed by atoms with E-state index in [2.05, 4.69) is 17.1 Å². The van der Waals surface area contributed by atoms with Gasteiger partial charge in [0.2, 0.25) is 10.9 Å². The number of benzene rings is 2. The Morgan fingerprint density at radius 2 is 1.98 bits per heavy atom. The maximum Gasteiger partial charge on any atom is 0.296 e. The molecule has 1 aliphatic heterocycles. The van der Waals surface area contributed by atoms with Gasteiger partial charge in [-0.1, -0.05) is 54.6 Å². The number of aromatic nitrogens is 2. The Balaban J connectivity index is 1.50. The normalized spacial score (nSPS) is 15.0. The molecule has 2 aromatic heterocycles. The van der Waals surface area contributed by atoms with Crippen LogP contribution in [0.1, 0.15) is 47.5 Å². The SMILES string of the molecule is CCCCOc1ccc(C2C(C(=O)c3ccco3)=C(O)C(=O)N2c2nnc(SCc3ccc(F)cc3)s2)cc1OC. The lowest BCUT2D eigenvalue weighted by atomic mass is 9.95. The van der Waals surface area contributed by atoms with Gasteiger partial charge in [-0.3, -0.25) is 14.5 Å². The van der Waals surface area contributed by atoms with E-state index in [9.17, 15) is 19.1 Å². The van der Waals surface area contributed by atoms with Gasteiger partial charge in [-0.2, -0.15) is 0 Å². The molecule has 1 unspecified atom stereocenters. The first kappa shape index (κ1) is 28.4. The molecule has 9 nitrogen and oxygen atoms in total. The third kappa shape index (κ3) is 5.98. The van der Waals surface area contributed by atoms with Gasteiger partial charge in [0.25, 0.3) is 5.91 Å². The molecule has 0 bridgehead atoms. The second-order valence-electron chi connectivity index (χ2n) is 9.02. The summed E-state index contributed by atoms with van der Waals surface area (Å²) in [6.45, 7) is 2.57. The molecule has 2 aromatic carbocycles. The van der Waals surface area contributed by atoms with Gasteiger partial charge < -0.3 is 19.0 Å². The quantitative estimate of drug-likeness (QED) is 0.0844. The number of anilines is 1. The standard InChI is InChI=1S/C29H26FN3O6S2/c1-3-4-13-38-20-12-9-18(15-22(20)37-2)24-23(25(34)21-6-5-14-39-21)26(35)27(36)33(24)28-31-32-29(41-28)40-16-17-7-10-19(30)11-8-17/h5-12,14-15,24,35H,3-4,13,16H2,1-2H3.